The zero-order valence-corrected chi connectivity index (χ0v) is 12.5. The lowest BCUT2D eigenvalue weighted by Gasteiger charge is -2.04. The van der Waals surface area contributed by atoms with Crippen molar-refractivity contribution in [2.24, 2.45) is 0 Å². The second-order valence-electron chi connectivity index (χ2n) is 4.88. The maximum absolute atomic E-state index is 11.5. The fraction of sp³-hybridized carbons (Fsp3) is 0.357. The van der Waals surface area contributed by atoms with E-state index < -0.39 is 9.84 Å². The van der Waals surface area contributed by atoms with Gasteiger partial charge in [0.05, 0.1) is 17.1 Å². The molecule has 0 atom stereocenters. The van der Waals surface area contributed by atoms with Crippen LogP contribution in [0, 0.1) is 0 Å². The fourth-order valence-electron chi connectivity index (χ4n) is 2.16. The van der Waals surface area contributed by atoms with Gasteiger partial charge >= 0.3 is 0 Å². The van der Waals surface area contributed by atoms with Crippen molar-refractivity contribution < 1.29 is 8.42 Å². The van der Waals surface area contributed by atoms with Crippen molar-refractivity contribution in [2.75, 3.05) is 12.0 Å². The van der Waals surface area contributed by atoms with Crippen molar-refractivity contribution in [3.05, 3.63) is 41.6 Å². The molecule has 0 aliphatic heterocycles. The molecule has 0 radical (unpaired) electrons. The summed E-state index contributed by atoms with van der Waals surface area (Å²) in [5.74, 6) is 0.448. The SMILES string of the molecule is CCCc1c(CS(C)(=O)=O)nn(-c2ccccc2)c1N. The highest BCUT2D eigenvalue weighted by Gasteiger charge is 2.19. The smallest absolute Gasteiger partial charge is 0.153 e. The Morgan fingerprint density at radius 2 is 1.90 bits per heavy atom. The second kappa shape index (κ2) is 5.66. The Morgan fingerprint density at radius 3 is 2.45 bits per heavy atom. The largest absolute Gasteiger partial charge is 0.383 e. The fourth-order valence-corrected chi connectivity index (χ4v) is 2.89. The van der Waals surface area contributed by atoms with Gasteiger partial charge in [-0.3, -0.25) is 0 Å². The molecule has 1 aromatic carbocycles. The Balaban J connectivity index is 2.53. The molecular formula is C14H19N3O2S. The van der Waals surface area contributed by atoms with Crippen LogP contribution in [-0.4, -0.2) is 24.5 Å². The number of nitrogen functional groups attached to an aromatic ring is 1. The van der Waals surface area contributed by atoms with Gasteiger partial charge in [0.15, 0.2) is 9.84 Å². The molecule has 0 bridgehead atoms. The topological polar surface area (TPSA) is 78.0 Å². The van der Waals surface area contributed by atoms with Gasteiger partial charge in [-0.25, -0.2) is 13.1 Å². The molecule has 2 rings (SSSR count). The van der Waals surface area contributed by atoms with Crippen LogP contribution >= 0.6 is 0 Å². The maximum Gasteiger partial charge on any atom is 0.153 e. The van der Waals surface area contributed by atoms with E-state index in [1.54, 1.807) is 4.68 Å². The molecule has 108 valence electrons. The molecule has 1 heterocycles. The van der Waals surface area contributed by atoms with Crippen LogP contribution in [0.15, 0.2) is 30.3 Å². The van der Waals surface area contributed by atoms with Crippen LogP contribution in [-0.2, 0) is 22.0 Å². The van der Waals surface area contributed by atoms with Crippen LogP contribution < -0.4 is 5.73 Å². The number of para-hydroxylation sites is 1. The first-order valence-corrected chi connectivity index (χ1v) is 8.58. The minimum absolute atomic E-state index is 0.0770. The Kier molecular flexibility index (Phi) is 4.13. The summed E-state index contributed by atoms with van der Waals surface area (Å²) < 4.78 is 24.7. The molecule has 0 saturated carbocycles. The Hall–Kier alpha value is -1.82. The summed E-state index contributed by atoms with van der Waals surface area (Å²) in [6.45, 7) is 2.03. The van der Waals surface area contributed by atoms with E-state index in [1.165, 1.54) is 6.26 Å². The highest BCUT2D eigenvalue weighted by molar-refractivity contribution is 7.89. The van der Waals surface area contributed by atoms with Crippen molar-refractivity contribution in [1.82, 2.24) is 9.78 Å². The first-order chi connectivity index (χ1) is 9.42. The number of anilines is 1. The molecule has 5 nitrogen and oxygen atoms in total. The summed E-state index contributed by atoms with van der Waals surface area (Å²) in [5.41, 5.74) is 8.37. The number of sulfone groups is 1. The van der Waals surface area contributed by atoms with E-state index >= 15 is 0 Å². The maximum atomic E-state index is 11.5. The van der Waals surface area contributed by atoms with Gasteiger partial charge in [0, 0.05) is 11.8 Å². The summed E-state index contributed by atoms with van der Waals surface area (Å²) in [5, 5.41) is 4.40. The second-order valence-corrected chi connectivity index (χ2v) is 7.02. The standard InChI is InChI=1S/C14H19N3O2S/c1-3-7-12-13(10-20(2,18)19)16-17(14(12)15)11-8-5-4-6-9-11/h4-6,8-9H,3,7,10,15H2,1-2H3. The number of benzene rings is 1. The van der Waals surface area contributed by atoms with E-state index in [1.807, 2.05) is 37.3 Å². The third-order valence-corrected chi connectivity index (χ3v) is 3.80. The van der Waals surface area contributed by atoms with Gasteiger partial charge in [-0.1, -0.05) is 31.5 Å². The molecule has 0 unspecified atom stereocenters. The van der Waals surface area contributed by atoms with Crippen LogP contribution in [0.5, 0.6) is 0 Å². The normalized spacial score (nSPS) is 11.7. The van der Waals surface area contributed by atoms with Gasteiger partial charge in [0.2, 0.25) is 0 Å². The van der Waals surface area contributed by atoms with Crippen LogP contribution in [0.25, 0.3) is 5.69 Å². The molecular weight excluding hydrogens is 274 g/mol. The van der Waals surface area contributed by atoms with Crippen LogP contribution in [0.2, 0.25) is 0 Å². The minimum atomic E-state index is -3.13. The molecule has 0 aliphatic rings. The van der Waals surface area contributed by atoms with E-state index in [0.29, 0.717) is 11.5 Å². The average molecular weight is 293 g/mol. The van der Waals surface area contributed by atoms with E-state index in [2.05, 4.69) is 5.10 Å². The third-order valence-electron chi connectivity index (χ3n) is 3.01. The molecule has 0 saturated heterocycles. The molecule has 0 spiro atoms. The summed E-state index contributed by atoms with van der Waals surface area (Å²) >= 11 is 0. The monoisotopic (exact) mass is 293 g/mol. The first-order valence-electron chi connectivity index (χ1n) is 6.51. The Bertz CT molecular complexity index is 691. The summed E-state index contributed by atoms with van der Waals surface area (Å²) in [6, 6.07) is 9.48. The highest BCUT2D eigenvalue weighted by atomic mass is 32.2. The summed E-state index contributed by atoms with van der Waals surface area (Å²) in [7, 11) is -3.13. The van der Waals surface area contributed by atoms with Crippen molar-refractivity contribution >= 4 is 15.7 Å². The van der Waals surface area contributed by atoms with Gasteiger partial charge in [-0.05, 0) is 18.6 Å². The average Bonchev–Trinajstić information content (AvgIpc) is 2.67. The summed E-state index contributed by atoms with van der Waals surface area (Å²) in [4.78, 5) is 0. The third kappa shape index (κ3) is 3.19. The minimum Gasteiger partial charge on any atom is -0.383 e. The number of nitrogens with zero attached hydrogens (tertiary/aromatic N) is 2. The molecule has 20 heavy (non-hydrogen) atoms. The van der Waals surface area contributed by atoms with Gasteiger partial charge < -0.3 is 5.73 Å². The number of nitrogens with two attached hydrogens (primary N) is 1. The van der Waals surface area contributed by atoms with E-state index in [0.717, 1.165) is 24.1 Å². The van der Waals surface area contributed by atoms with Gasteiger partial charge in [0.25, 0.3) is 0 Å². The number of rotatable bonds is 5. The van der Waals surface area contributed by atoms with E-state index in [-0.39, 0.29) is 5.75 Å². The number of hydrogen-bond donors (Lipinski definition) is 1. The number of hydrogen-bond acceptors (Lipinski definition) is 4. The summed E-state index contributed by atoms with van der Waals surface area (Å²) in [6.07, 6.45) is 2.82. The van der Waals surface area contributed by atoms with E-state index in [9.17, 15) is 8.42 Å². The lowest BCUT2D eigenvalue weighted by Crippen LogP contribution is -2.04. The predicted octanol–water partition coefficient (Wildman–Crippen LogP) is 1.95. The molecule has 0 fully saturated rings. The highest BCUT2D eigenvalue weighted by Crippen LogP contribution is 2.23. The lowest BCUT2D eigenvalue weighted by molar-refractivity contribution is 0.600. The Morgan fingerprint density at radius 1 is 1.25 bits per heavy atom. The molecule has 2 N–H and O–H groups in total. The molecule has 2 aromatic rings. The van der Waals surface area contributed by atoms with Crippen molar-refractivity contribution in [3.63, 3.8) is 0 Å². The van der Waals surface area contributed by atoms with Gasteiger partial charge in [-0.15, -0.1) is 0 Å². The van der Waals surface area contributed by atoms with Crippen LogP contribution in [0.4, 0.5) is 5.82 Å². The van der Waals surface area contributed by atoms with Gasteiger partial charge in [-0.2, -0.15) is 5.10 Å². The van der Waals surface area contributed by atoms with Crippen molar-refractivity contribution in [2.45, 2.75) is 25.5 Å². The molecule has 6 heteroatoms. The molecule has 0 amide bonds. The molecule has 0 aliphatic carbocycles. The Labute approximate surface area is 119 Å². The van der Waals surface area contributed by atoms with Crippen molar-refractivity contribution in [3.8, 4) is 5.69 Å². The van der Waals surface area contributed by atoms with Crippen molar-refractivity contribution in [1.29, 1.82) is 0 Å². The van der Waals surface area contributed by atoms with Gasteiger partial charge in [0.1, 0.15) is 5.82 Å². The predicted molar refractivity (Wildman–Crippen MR) is 80.5 cm³/mol. The van der Waals surface area contributed by atoms with Crippen LogP contribution in [0.3, 0.4) is 0 Å². The zero-order chi connectivity index (χ0) is 14.8. The van der Waals surface area contributed by atoms with Crippen LogP contribution in [0.1, 0.15) is 24.6 Å². The number of aromatic nitrogens is 2. The lowest BCUT2D eigenvalue weighted by atomic mass is 10.1. The van der Waals surface area contributed by atoms with E-state index in [4.69, 9.17) is 5.73 Å². The zero-order valence-electron chi connectivity index (χ0n) is 11.7. The molecule has 1 aromatic heterocycles. The quantitative estimate of drug-likeness (QED) is 0.914. The first kappa shape index (κ1) is 14.6.